The summed E-state index contributed by atoms with van der Waals surface area (Å²) in [6, 6.07) is 3.81. The van der Waals surface area contributed by atoms with Gasteiger partial charge in [-0.3, -0.25) is 4.99 Å². The smallest absolute Gasteiger partial charge is 0.191 e. The van der Waals surface area contributed by atoms with Crippen LogP contribution in [0.3, 0.4) is 0 Å². The molecule has 1 heterocycles. The number of nitrogens with one attached hydrogen (secondary N) is 2. The first-order valence-corrected chi connectivity index (χ1v) is 9.46. The maximum absolute atomic E-state index is 14.0. The average Bonchev–Trinajstić information content (AvgIpc) is 3.23. The molecular formula is C19H28F2N4O. The molecule has 144 valence electrons. The van der Waals surface area contributed by atoms with Gasteiger partial charge in [-0.05, 0) is 38.3 Å². The number of rotatable bonds is 5. The second-order valence-corrected chi connectivity index (χ2v) is 7.30. The van der Waals surface area contributed by atoms with E-state index in [9.17, 15) is 13.9 Å². The molecule has 2 aliphatic rings. The zero-order valence-electron chi connectivity index (χ0n) is 15.3. The summed E-state index contributed by atoms with van der Waals surface area (Å²) in [6.45, 7) is 4.44. The number of hydrogen-bond acceptors (Lipinski definition) is 3. The van der Waals surface area contributed by atoms with Crippen LogP contribution in [-0.4, -0.2) is 48.9 Å². The zero-order chi connectivity index (χ0) is 18.6. The average molecular weight is 366 g/mol. The van der Waals surface area contributed by atoms with Gasteiger partial charge in [-0.15, -0.1) is 0 Å². The molecule has 1 saturated heterocycles. The predicted octanol–water partition coefficient (Wildman–Crippen LogP) is 2.40. The number of guanidine groups is 1. The van der Waals surface area contributed by atoms with Crippen LogP contribution in [-0.2, 0) is 0 Å². The van der Waals surface area contributed by atoms with Gasteiger partial charge in [0.15, 0.2) is 5.96 Å². The van der Waals surface area contributed by atoms with Crippen LogP contribution in [0.25, 0.3) is 0 Å². The summed E-state index contributed by atoms with van der Waals surface area (Å²) in [6.07, 6.45) is 4.55. The molecule has 0 amide bonds. The standard InChI is InChI=1S/C19H28F2N4O/c1-2-22-18(23-13-19(26)8-3-4-9-19)24-15-7-10-25(12-15)17-6-5-14(20)11-16(17)21/h5-6,11,15,26H,2-4,7-10,12-13H2,1H3,(H2,22,23,24). The van der Waals surface area contributed by atoms with Crippen LogP contribution < -0.4 is 15.5 Å². The van der Waals surface area contributed by atoms with Gasteiger partial charge in [0.25, 0.3) is 0 Å². The molecule has 7 heteroatoms. The molecule has 3 rings (SSSR count). The zero-order valence-corrected chi connectivity index (χ0v) is 15.3. The molecular weight excluding hydrogens is 338 g/mol. The van der Waals surface area contributed by atoms with Crippen LogP contribution in [0.1, 0.15) is 39.0 Å². The van der Waals surface area contributed by atoms with E-state index < -0.39 is 17.2 Å². The molecule has 1 aromatic rings. The minimum Gasteiger partial charge on any atom is -0.388 e. The molecule has 0 spiro atoms. The third kappa shape index (κ3) is 4.63. The molecule has 2 fully saturated rings. The van der Waals surface area contributed by atoms with Gasteiger partial charge in [0.2, 0.25) is 0 Å². The van der Waals surface area contributed by atoms with E-state index in [1.54, 1.807) is 0 Å². The highest BCUT2D eigenvalue weighted by molar-refractivity contribution is 5.80. The van der Waals surface area contributed by atoms with Gasteiger partial charge in [0.05, 0.1) is 17.8 Å². The van der Waals surface area contributed by atoms with Crippen molar-refractivity contribution in [3.05, 3.63) is 29.8 Å². The molecule has 0 aromatic heterocycles. The summed E-state index contributed by atoms with van der Waals surface area (Å²) >= 11 is 0. The summed E-state index contributed by atoms with van der Waals surface area (Å²) in [5.41, 5.74) is -0.251. The van der Waals surface area contributed by atoms with Crippen molar-refractivity contribution in [1.29, 1.82) is 0 Å². The third-order valence-corrected chi connectivity index (χ3v) is 5.19. The van der Waals surface area contributed by atoms with Crippen molar-refractivity contribution in [2.75, 3.05) is 31.1 Å². The number of benzene rings is 1. The first kappa shape index (κ1) is 18.9. The lowest BCUT2D eigenvalue weighted by Crippen LogP contribution is -2.45. The van der Waals surface area contributed by atoms with E-state index in [0.29, 0.717) is 31.3 Å². The van der Waals surface area contributed by atoms with Crippen molar-refractivity contribution in [3.63, 3.8) is 0 Å². The maximum atomic E-state index is 14.0. The fourth-order valence-electron chi connectivity index (χ4n) is 3.77. The Labute approximate surface area is 153 Å². The topological polar surface area (TPSA) is 59.9 Å². The van der Waals surface area contributed by atoms with Crippen molar-refractivity contribution in [2.45, 2.75) is 50.7 Å². The van der Waals surface area contributed by atoms with Crippen molar-refractivity contribution in [3.8, 4) is 0 Å². The second-order valence-electron chi connectivity index (χ2n) is 7.30. The van der Waals surface area contributed by atoms with Gasteiger partial charge in [-0.25, -0.2) is 8.78 Å². The Hall–Kier alpha value is -1.89. The van der Waals surface area contributed by atoms with Gasteiger partial charge < -0.3 is 20.6 Å². The highest BCUT2D eigenvalue weighted by atomic mass is 19.1. The lowest BCUT2D eigenvalue weighted by Gasteiger charge is -2.23. The fraction of sp³-hybridized carbons (Fsp3) is 0.632. The number of nitrogens with zero attached hydrogens (tertiary/aromatic N) is 2. The molecule has 26 heavy (non-hydrogen) atoms. The minimum atomic E-state index is -0.679. The second kappa shape index (κ2) is 8.20. The normalized spacial score (nSPS) is 22.7. The summed E-state index contributed by atoms with van der Waals surface area (Å²) in [4.78, 5) is 6.48. The summed E-state index contributed by atoms with van der Waals surface area (Å²) in [5, 5.41) is 17.1. The number of aliphatic imine (C=N–C) groups is 1. The van der Waals surface area contributed by atoms with E-state index in [2.05, 4.69) is 15.6 Å². The highest BCUT2D eigenvalue weighted by Gasteiger charge is 2.31. The summed E-state index contributed by atoms with van der Waals surface area (Å²) in [5.74, 6) is -0.416. The Kier molecular flexibility index (Phi) is 5.96. The Bertz CT molecular complexity index is 646. The van der Waals surface area contributed by atoms with Gasteiger partial charge in [0.1, 0.15) is 11.6 Å². The van der Waals surface area contributed by atoms with Crippen LogP contribution >= 0.6 is 0 Å². The molecule has 1 aromatic carbocycles. The number of aliphatic hydroxyl groups is 1. The number of hydrogen-bond donors (Lipinski definition) is 3. The lowest BCUT2D eigenvalue weighted by atomic mass is 10.0. The van der Waals surface area contributed by atoms with E-state index in [0.717, 1.165) is 44.7 Å². The minimum absolute atomic E-state index is 0.121. The Balaban J connectivity index is 1.59. The molecule has 1 aliphatic carbocycles. The van der Waals surface area contributed by atoms with E-state index in [4.69, 9.17) is 0 Å². The summed E-state index contributed by atoms with van der Waals surface area (Å²) in [7, 11) is 0. The maximum Gasteiger partial charge on any atom is 0.191 e. The highest BCUT2D eigenvalue weighted by Crippen LogP contribution is 2.29. The summed E-state index contributed by atoms with van der Waals surface area (Å²) < 4.78 is 27.1. The molecule has 1 unspecified atom stereocenters. The van der Waals surface area contributed by atoms with Crippen LogP contribution in [0.2, 0.25) is 0 Å². The van der Waals surface area contributed by atoms with Gasteiger partial charge in [0, 0.05) is 31.7 Å². The molecule has 3 N–H and O–H groups in total. The largest absolute Gasteiger partial charge is 0.388 e. The Morgan fingerprint density at radius 1 is 1.35 bits per heavy atom. The first-order valence-electron chi connectivity index (χ1n) is 9.46. The molecule has 0 radical (unpaired) electrons. The van der Waals surface area contributed by atoms with Crippen molar-refractivity contribution >= 4 is 11.6 Å². The van der Waals surface area contributed by atoms with Crippen LogP contribution in [0.5, 0.6) is 0 Å². The van der Waals surface area contributed by atoms with E-state index in [-0.39, 0.29) is 6.04 Å². The van der Waals surface area contributed by atoms with E-state index in [1.165, 1.54) is 12.1 Å². The molecule has 1 saturated carbocycles. The van der Waals surface area contributed by atoms with Crippen LogP contribution in [0.4, 0.5) is 14.5 Å². The Morgan fingerprint density at radius 3 is 2.81 bits per heavy atom. The molecule has 1 atom stereocenters. The monoisotopic (exact) mass is 366 g/mol. The molecule has 5 nitrogen and oxygen atoms in total. The molecule has 0 bridgehead atoms. The van der Waals surface area contributed by atoms with Crippen molar-refractivity contribution < 1.29 is 13.9 Å². The Morgan fingerprint density at radius 2 is 2.12 bits per heavy atom. The predicted molar refractivity (Wildman–Crippen MR) is 99.5 cm³/mol. The van der Waals surface area contributed by atoms with Crippen molar-refractivity contribution in [1.82, 2.24) is 10.6 Å². The third-order valence-electron chi connectivity index (χ3n) is 5.19. The van der Waals surface area contributed by atoms with E-state index in [1.807, 2.05) is 11.8 Å². The van der Waals surface area contributed by atoms with Crippen LogP contribution in [0.15, 0.2) is 23.2 Å². The van der Waals surface area contributed by atoms with Gasteiger partial charge >= 0.3 is 0 Å². The van der Waals surface area contributed by atoms with Gasteiger partial charge in [-0.1, -0.05) is 12.8 Å². The lowest BCUT2D eigenvalue weighted by molar-refractivity contribution is 0.0574. The number of anilines is 1. The number of halogens is 2. The fourth-order valence-corrected chi connectivity index (χ4v) is 3.77. The first-order chi connectivity index (χ1) is 12.5. The van der Waals surface area contributed by atoms with Crippen molar-refractivity contribution in [2.24, 2.45) is 4.99 Å². The molecule has 1 aliphatic heterocycles. The van der Waals surface area contributed by atoms with Crippen LogP contribution in [0, 0.1) is 11.6 Å². The van der Waals surface area contributed by atoms with E-state index >= 15 is 0 Å². The SMILES string of the molecule is CCNC(=NCC1(O)CCCC1)NC1CCN(c2ccc(F)cc2F)C1. The van der Waals surface area contributed by atoms with Gasteiger partial charge in [-0.2, -0.15) is 0 Å². The quantitative estimate of drug-likeness (QED) is 0.553.